The number of carbonyl (C=O) groups is 3. The third-order valence-electron chi connectivity index (χ3n) is 4.68. The summed E-state index contributed by atoms with van der Waals surface area (Å²) in [7, 11) is 2.89. The molecule has 0 atom stereocenters. The maximum Gasteiger partial charge on any atom is 0.340 e. The molecule has 1 aromatic heterocycles. The van der Waals surface area contributed by atoms with E-state index in [9.17, 15) is 14.4 Å². The van der Waals surface area contributed by atoms with Crippen molar-refractivity contribution in [3.8, 4) is 11.5 Å². The summed E-state index contributed by atoms with van der Waals surface area (Å²) in [5, 5.41) is 4.61. The van der Waals surface area contributed by atoms with E-state index in [1.54, 1.807) is 23.9 Å². The van der Waals surface area contributed by atoms with Gasteiger partial charge in [-0.3, -0.25) is 9.59 Å². The Kier molecular flexibility index (Phi) is 8.51. The molecule has 0 radical (unpaired) electrons. The number of anilines is 1. The summed E-state index contributed by atoms with van der Waals surface area (Å²) in [6.07, 6.45) is 2.10. The van der Waals surface area contributed by atoms with Crippen LogP contribution in [-0.2, 0) is 16.0 Å². The normalized spacial score (nSPS) is 10.4. The van der Waals surface area contributed by atoms with E-state index in [2.05, 4.69) is 5.32 Å². The van der Waals surface area contributed by atoms with E-state index >= 15 is 0 Å². The summed E-state index contributed by atoms with van der Waals surface area (Å²) in [6.45, 7) is -0.436. The lowest BCUT2D eigenvalue weighted by Crippen LogP contribution is -2.19. The van der Waals surface area contributed by atoms with Crippen molar-refractivity contribution in [2.75, 3.05) is 32.4 Å². The van der Waals surface area contributed by atoms with Crippen LogP contribution in [0.25, 0.3) is 0 Å². The molecule has 0 saturated carbocycles. The van der Waals surface area contributed by atoms with Crippen molar-refractivity contribution in [2.45, 2.75) is 11.3 Å². The van der Waals surface area contributed by atoms with E-state index in [4.69, 9.17) is 14.2 Å². The topological polar surface area (TPSA) is 90.9 Å². The second-order valence-corrected chi connectivity index (χ2v) is 8.70. The third-order valence-corrected chi connectivity index (χ3v) is 6.30. The Morgan fingerprint density at radius 3 is 2.30 bits per heavy atom. The average Bonchev–Trinajstić information content (AvgIpc) is 3.34. The second kappa shape index (κ2) is 11.5. The highest BCUT2D eigenvalue weighted by atomic mass is 32.2. The molecule has 0 saturated heterocycles. The van der Waals surface area contributed by atoms with E-state index in [0.29, 0.717) is 17.1 Å². The van der Waals surface area contributed by atoms with Gasteiger partial charge in [0.05, 0.1) is 31.9 Å². The average molecular weight is 486 g/mol. The number of carbonyl (C=O) groups excluding carboxylic acids is 3. The molecular formula is C24H23NO6S2. The van der Waals surface area contributed by atoms with E-state index in [1.165, 1.54) is 37.7 Å². The van der Waals surface area contributed by atoms with Crippen molar-refractivity contribution in [1.29, 1.82) is 0 Å². The summed E-state index contributed by atoms with van der Waals surface area (Å²) >= 11 is 3.03. The fraction of sp³-hybridized carbons (Fsp3) is 0.208. The zero-order valence-corrected chi connectivity index (χ0v) is 20.0. The first kappa shape index (κ1) is 24.3. The zero-order chi connectivity index (χ0) is 23.8. The third kappa shape index (κ3) is 6.36. The SMILES string of the molecule is COc1cc(NC(=O)Cc2cccs2)c(C(=O)OCC(=O)c2ccc(SC)cc2)cc1OC. The van der Waals surface area contributed by atoms with E-state index in [-0.39, 0.29) is 29.4 Å². The number of rotatable bonds is 10. The molecule has 3 rings (SSSR count). The van der Waals surface area contributed by atoms with Gasteiger partial charge in [0, 0.05) is 27.5 Å². The van der Waals surface area contributed by atoms with Gasteiger partial charge >= 0.3 is 5.97 Å². The Labute approximate surface area is 200 Å². The van der Waals surface area contributed by atoms with Crippen LogP contribution >= 0.6 is 23.1 Å². The number of hydrogen-bond acceptors (Lipinski definition) is 8. The van der Waals surface area contributed by atoms with Crippen LogP contribution in [0.5, 0.6) is 11.5 Å². The summed E-state index contributed by atoms with van der Waals surface area (Å²) in [6, 6.07) is 13.7. The molecule has 1 heterocycles. The molecule has 0 aliphatic rings. The van der Waals surface area contributed by atoms with Gasteiger partial charge < -0.3 is 19.5 Å². The summed E-state index contributed by atoms with van der Waals surface area (Å²) in [4.78, 5) is 39.7. The molecule has 0 aliphatic heterocycles. The molecule has 7 nitrogen and oxygen atoms in total. The van der Waals surface area contributed by atoms with Crippen LogP contribution in [0.3, 0.4) is 0 Å². The maximum absolute atomic E-state index is 12.8. The number of nitrogens with one attached hydrogen (secondary N) is 1. The van der Waals surface area contributed by atoms with Gasteiger partial charge in [0.1, 0.15) is 0 Å². The molecule has 0 unspecified atom stereocenters. The van der Waals surface area contributed by atoms with Crippen LogP contribution in [0.2, 0.25) is 0 Å². The quantitative estimate of drug-likeness (QED) is 0.253. The van der Waals surface area contributed by atoms with Gasteiger partial charge in [-0.2, -0.15) is 0 Å². The number of methoxy groups -OCH3 is 2. The van der Waals surface area contributed by atoms with Crippen molar-refractivity contribution in [3.05, 3.63) is 69.9 Å². The lowest BCUT2D eigenvalue weighted by molar-refractivity contribution is -0.115. The Morgan fingerprint density at radius 2 is 1.70 bits per heavy atom. The minimum absolute atomic E-state index is 0.0534. The number of thiophene rings is 1. The molecule has 0 fully saturated rings. The van der Waals surface area contributed by atoms with Gasteiger partial charge in [-0.25, -0.2) is 4.79 Å². The van der Waals surface area contributed by atoms with Crippen LogP contribution in [0.4, 0.5) is 5.69 Å². The lowest BCUT2D eigenvalue weighted by atomic mass is 10.1. The molecule has 0 aliphatic carbocycles. The van der Waals surface area contributed by atoms with Crippen molar-refractivity contribution in [1.82, 2.24) is 0 Å². The number of Topliss-reactive ketones (excluding diaryl/α,β-unsaturated/α-hetero) is 1. The molecule has 0 spiro atoms. The Morgan fingerprint density at radius 1 is 1.00 bits per heavy atom. The number of ketones is 1. The highest BCUT2D eigenvalue weighted by molar-refractivity contribution is 7.98. The first-order valence-corrected chi connectivity index (χ1v) is 12.0. The zero-order valence-electron chi connectivity index (χ0n) is 18.4. The summed E-state index contributed by atoms with van der Waals surface area (Å²) in [5.41, 5.74) is 0.700. The Bertz CT molecular complexity index is 1130. The standard InChI is InChI=1S/C24H23NO6S2/c1-29-21-12-18(24(28)31-14-20(26)15-6-8-16(32-3)9-7-15)19(13-22(21)30-2)25-23(27)11-17-5-4-10-33-17/h4-10,12-13H,11,14H2,1-3H3,(H,25,27). The van der Waals surface area contributed by atoms with Crippen LogP contribution in [-0.4, -0.2) is 44.7 Å². The predicted octanol–water partition coefficient (Wildman–Crippen LogP) is 4.71. The number of benzene rings is 2. The minimum Gasteiger partial charge on any atom is -0.493 e. The van der Waals surface area contributed by atoms with Gasteiger partial charge in [-0.1, -0.05) is 18.2 Å². The number of ether oxygens (including phenoxy) is 3. The van der Waals surface area contributed by atoms with Crippen LogP contribution in [0, 0.1) is 0 Å². The number of amides is 1. The van der Waals surface area contributed by atoms with E-state index < -0.39 is 12.6 Å². The van der Waals surface area contributed by atoms with E-state index in [0.717, 1.165) is 9.77 Å². The molecule has 1 N–H and O–H groups in total. The Hall–Kier alpha value is -3.30. The van der Waals surface area contributed by atoms with Crippen molar-refractivity contribution in [3.63, 3.8) is 0 Å². The fourth-order valence-corrected chi connectivity index (χ4v) is 4.10. The highest BCUT2D eigenvalue weighted by Crippen LogP contribution is 2.34. The first-order valence-electron chi connectivity index (χ1n) is 9.87. The molecule has 9 heteroatoms. The smallest absolute Gasteiger partial charge is 0.340 e. The second-order valence-electron chi connectivity index (χ2n) is 6.78. The minimum atomic E-state index is -0.767. The predicted molar refractivity (Wildman–Crippen MR) is 129 cm³/mol. The van der Waals surface area contributed by atoms with Gasteiger partial charge in [0.2, 0.25) is 5.91 Å². The van der Waals surface area contributed by atoms with Crippen molar-refractivity contribution in [2.24, 2.45) is 0 Å². The monoisotopic (exact) mass is 485 g/mol. The summed E-state index contributed by atoms with van der Waals surface area (Å²) < 4.78 is 15.8. The molecule has 3 aromatic rings. The van der Waals surface area contributed by atoms with E-state index in [1.807, 2.05) is 35.9 Å². The molecular weight excluding hydrogens is 462 g/mol. The van der Waals surface area contributed by atoms with Crippen LogP contribution in [0.1, 0.15) is 25.6 Å². The number of hydrogen-bond donors (Lipinski definition) is 1. The molecule has 33 heavy (non-hydrogen) atoms. The van der Waals surface area contributed by atoms with Gasteiger partial charge in [0.25, 0.3) is 0 Å². The molecule has 2 aromatic carbocycles. The summed E-state index contributed by atoms with van der Waals surface area (Å²) in [5.74, 6) is -0.773. The largest absolute Gasteiger partial charge is 0.493 e. The molecule has 172 valence electrons. The number of esters is 1. The van der Waals surface area contributed by atoms with Crippen molar-refractivity contribution < 1.29 is 28.6 Å². The van der Waals surface area contributed by atoms with Crippen molar-refractivity contribution >= 4 is 46.4 Å². The molecule has 1 amide bonds. The molecule has 0 bridgehead atoms. The van der Waals surface area contributed by atoms with Crippen LogP contribution < -0.4 is 14.8 Å². The highest BCUT2D eigenvalue weighted by Gasteiger charge is 2.21. The maximum atomic E-state index is 12.8. The Balaban J connectivity index is 1.77. The lowest BCUT2D eigenvalue weighted by Gasteiger charge is -2.15. The van der Waals surface area contributed by atoms with Gasteiger partial charge in [0.15, 0.2) is 23.9 Å². The first-order chi connectivity index (χ1) is 15.9. The van der Waals surface area contributed by atoms with Crippen LogP contribution in [0.15, 0.2) is 58.8 Å². The number of thioether (sulfide) groups is 1. The van der Waals surface area contributed by atoms with Gasteiger partial charge in [-0.15, -0.1) is 23.1 Å². The van der Waals surface area contributed by atoms with Gasteiger partial charge in [-0.05, 0) is 29.8 Å². The fourth-order valence-electron chi connectivity index (χ4n) is 2.99.